The molecule has 1 atom stereocenters. The third kappa shape index (κ3) is 3.75. The van der Waals surface area contributed by atoms with Gasteiger partial charge in [-0.05, 0) is 0 Å². The Morgan fingerprint density at radius 3 is 2.67 bits per heavy atom. The highest BCUT2D eigenvalue weighted by molar-refractivity contribution is 7.99. The van der Waals surface area contributed by atoms with E-state index in [0.717, 1.165) is 5.75 Å². The molecule has 1 aliphatic rings. The topological polar surface area (TPSA) is 35.5 Å². The number of alkyl halides is 3. The summed E-state index contributed by atoms with van der Waals surface area (Å²) in [6.45, 7) is 2.99. The van der Waals surface area contributed by atoms with Gasteiger partial charge in [-0.15, -0.1) is 0 Å². The van der Waals surface area contributed by atoms with E-state index in [9.17, 15) is 18.0 Å². The fourth-order valence-electron chi connectivity index (χ4n) is 0.840. The fourth-order valence-corrected chi connectivity index (χ4v) is 1.58. The highest BCUT2D eigenvalue weighted by Crippen LogP contribution is 2.26. The molecule has 0 spiro atoms. The summed E-state index contributed by atoms with van der Waals surface area (Å²) in [4.78, 5) is 10.9. The Bertz CT molecular complexity index is 258. The van der Waals surface area contributed by atoms with Gasteiger partial charge in [-0.3, -0.25) is 0 Å². The smallest absolute Gasteiger partial charge is 0.422 e. The summed E-state index contributed by atoms with van der Waals surface area (Å²) >= 11 is 1.45. The molecule has 0 aromatic rings. The van der Waals surface area contributed by atoms with Gasteiger partial charge in [0.15, 0.2) is 0 Å². The van der Waals surface area contributed by atoms with Gasteiger partial charge in [0.05, 0.1) is 12.4 Å². The van der Waals surface area contributed by atoms with Crippen LogP contribution >= 0.6 is 11.8 Å². The maximum atomic E-state index is 12.0. The van der Waals surface area contributed by atoms with Gasteiger partial charge in [0.1, 0.15) is 5.57 Å². The van der Waals surface area contributed by atoms with Crippen LogP contribution in [0.1, 0.15) is 0 Å². The predicted molar refractivity (Wildman–Crippen MR) is 48.4 cm³/mol. The number of rotatable bonds is 2. The predicted octanol–water partition coefficient (Wildman–Crippen LogP) is 1.74. The quantitative estimate of drug-likeness (QED) is 0.546. The number of halogens is 3. The van der Waals surface area contributed by atoms with E-state index < -0.39 is 24.0 Å². The zero-order valence-corrected chi connectivity index (χ0v) is 8.49. The van der Waals surface area contributed by atoms with Crippen LogP contribution in [0.4, 0.5) is 13.2 Å². The standard InChI is InChI=1S/C8H9F3O3S/c1-5(8(9,10)11)7(12)14-6-4-15-3-2-13-6/h6H,1-4H2. The van der Waals surface area contributed by atoms with Crippen LogP contribution in [0.25, 0.3) is 0 Å². The maximum absolute atomic E-state index is 12.0. The van der Waals surface area contributed by atoms with Crippen molar-refractivity contribution in [2.24, 2.45) is 0 Å². The van der Waals surface area contributed by atoms with Crippen molar-refractivity contribution in [2.75, 3.05) is 18.1 Å². The van der Waals surface area contributed by atoms with Crippen molar-refractivity contribution in [3.8, 4) is 0 Å². The second kappa shape index (κ2) is 4.89. The Kier molecular flexibility index (Phi) is 4.04. The summed E-state index contributed by atoms with van der Waals surface area (Å²) in [7, 11) is 0. The lowest BCUT2D eigenvalue weighted by molar-refractivity contribution is -0.177. The van der Waals surface area contributed by atoms with Gasteiger partial charge in [0, 0.05) is 5.75 Å². The summed E-state index contributed by atoms with van der Waals surface area (Å²) in [5, 5.41) is 0. The maximum Gasteiger partial charge on any atom is 0.422 e. The van der Waals surface area contributed by atoms with Gasteiger partial charge >= 0.3 is 12.1 Å². The van der Waals surface area contributed by atoms with Crippen molar-refractivity contribution in [3.63, 3.8) is 0 Å². The Hall–Kier alpha value is -0.690. The van der Waals surface area contributed by atoms with Gasteiger partial charge in [0.2, 0.25) is 6.29 Å². The number of ether oxygens (including phenoxy) is 2. The van der Waals surface area contributed by atoms with Crippen molar-refractivity contribution in [1.29, 1.82) is 0 Å². The molecule has 1 heterocycles. The van der Waals surface area contributed by atoms with E-state index in [-0.39, 0.29) is 0 Å². The number of thioether (sulfide) groups is 1. The molecule has 0 amide bonds. The first-order valence-electron chi connectivity index (χ1n) is 4.07. The first kappa shape index (κ1) is 12.4. The Morgan fingerprint density at radius 2 is 2.20 bits per heavy atom. The fraction of sp³-hybridized carbons (Fsp3) is 0.625. The highest BCUT2D eigenvalue weighted by Gasteiger charge is 2.39. The van der Waals surface area contributed by atoms with Gasteiger partial charge in [0.25, 0.3) is 0 Å². The number of carbonyl (C=O) groups excluding carboxylic acids is 1. The monoisotopic (exact) mass is 242 g/mol. The summed E-state index contributed by atoms with van der Waals surface area (Å²) < 4.78 is 45.4. The first-order valence-corrected chi connectivity index (χ1v) is 5.23. The molecular formula is C8H9F3O3S. The number of esters is 1. The van der Waals surface area contributed by atoms with Crippen LogP contribution in [0.5, 0.6) is 0 Å². The number of carbonyl (C=O) groups is 1. The summed E-state index contributed by atoms with van der Waals surface area (Å²) in [6, 6.07) is 0. The van der Waals surface area contributed by atoms with E-state index >= 15 is 0 Å². The Balaban J connectivity index is 2.44. The molecule has 1 unspecified atom stereocenters. The molecule has 15 heavy (non-hydrogen) atoms. The highest BCUT2D eigenvalue weighted by atomic mass is 32.2. The van der Waals surface area contributed by atoms with Crippen molar-refractivity contribution in [3.05, 3.63) is 12.2 Å². The lowest BCUT2D eigenvalue weighted by atomic mass is 10.3. The van der Waals surface area contributed by atoms with Crippen molar-refractivity contribution < 1.29 is 27.4 Å². The van der Waals surface area contributed by atoms with E-state index in [0.29, 0.717) is 12.4 Å². The van der Waals surface area contributed by atoms with Crippen molar-refractivity contribution in [1.82, 2.24) is 0 Å². The summed E-state index contributed by atoms with van der Waals surface area (Å²) in [5.41, 5.74) is -1.51. The lowest BCUT2D eigenvalue weighted by Gasteiger charge is -2.22. The second-order valence-corrected chi connectivity index (χ2v) is 3.91. The minimum atomic E-state index is -4.75. The van der Waals surface area contributed by atoms with Crippen LogP contribution < -0.4 is 0 Å². The summed E-state index contributed by atoms with van der Waals surface area (Å²) in [5.74, 6) is -0.388. The van der Waals surface area contributed by atoms with Gasteiger partial charge in [-0.1, -0.05) is 6.58 Å². The molecule has 1 saturated heterocycles. The molecule has 0 N–H and O–H groups in total. The molecule has 86 valence electrons. The first-order chi connectivity index (χ1) is 6.91. The molecular weight excluding hydrogens is 233 g/mol. The van der Waals surface area contributed by atoms with Crippen LogP contribution in [0.3, 0.4) is 0 Å². The molecule has 7 heteroatoms. The zero-order chi connectivity index (χ0) is 11.5. The van der Waals surface area contributed by atoms with E-state index in [4.69, 9.17) is 4.74 Å². The third-order valence-electron chi connectivity index (χ3n) is 1.61. The second-order valence-electron chi connectivity index (χ2n) is 2.76. The van der Waals surface area contributed by atoms with Crippen LogP contribution in [-0.4, -0.2) is 36.5 Å². The van der Waals surface area contributed by atoms with Gasteiger partial charge < -0.3 is 9.47 Å². The molecule has 1 fully saturated rings. The van der Waals surface area contributed by atoms with Crippen LogP contribution in [0.2, 0.25) is 0 Å². The molecule has 0 saturated carbocycles. The molecule has 0 bridgehead atoms. The summed E-state index contributed by atoms with van der Waals surface area (Å²) in [6.07, 6.45) is -5.66. The normalized spacial score (nSPS) is 22.2. The van der Waals surface area contributed by atoms with E-state index in [1.807, 2.05) is 0 Å². The van der Waals surface area contributed by atoms with E-state index in [1.165, 1.54) is 11.8 Å². The molecule has 1 aliphatic heterocycles. The molecule has 0 aromatic carbocycles. The molecule has 0 aliphatic carbocycles. The number of hydrogen-bond donors (Lipinski definition) is 0. The van der Waals surface area contributed by atoms with E-state index in [2.05, 4.69) is 11.3 Å². The van der Waals surface area contributed by atoms with Gasteiger partial charge in [-0.2, -0.15) is 24.9 Å². The van der Waals surface area contributed by atoms with E-state index in [1.54, 1.807) is 0 Å². The van der Waals surface area contributed by atoms with Crippen molar-refractivity contribution >= 4 is 17.7 Å². The van der Waals surface area contributed by atoms with Crippen LogP contribution in [0.15, 0.2) is 12.2 Å². The van der Waals surface area contributed by atoms with Crippen LogP contribution in [-0.2, 0) is 14.3 Å². The third-order valence-corrected chi connectivity index (χ3v) is 2.58. The Morgan fingerprint density at radius 1 is 1.53 bits per heavy atom. The minimum absolute atomic E-state index is 0.344. The average Bonchev–Trinajstić information content (AvgIpc) is 2.16. The molecule has 1 rings (SSSR count). The lowest BCUT2D eigenvalue weighted by Crippen LogP contribution is -2.31. The SMILES string of the molecule is C=C(C(=O)OC1CSCCO1)C(F)(F)F. The van der Waals surface area contributed by atoms with Crippen LogP contribution in [0, 0.1) is 0 Å². The molecule has 0 radical (unpaired) electrons. The number of hydrogen-bond acceptors (Lipinski definition) is 4. The van der Waals surface area contributed by atoms with Crippen molar-refractivity contribution in [2.45, 2.75) is 12.5 Å². The zero-order valence-electron chi connectivity index (χ0n) is 7.67. The minimum Gasteiger partial charge on any atom is -0.431 e. The van der Waals surface area contributed by atoms with Gasteiger partial charge in [-0.25, -0.2) is 4.79 Å². The molecule has 3 nitrogen and oxygen atoms in total. The average molecular weight is 242 g/mol. The Labute approximate surface area is 88.6 Å². The largest absolute Gasteiger partial charge is 0.431 e. The molecule has 0 aromatic heterocycles.